The molecule has 1 atom stereocenters. The quantitative estimate of drug-likeness (QED) is 0.614. The van der Waals surface area contributed by atoms with E-state index in [1.54, 1.807) is 7.11 Å². The highest BCUT2D eigenvalue weighted by atomic mass is 16.5. The van der Waals surface area contributed by atoms with Crippen LogP contribution in [0.3, 0.4) is 0 Å². The Bertz CT molecular complexity index is 1020. The molecule has 0 spiro atoms. The number of benzene rings is 2. The van der Waals surface area contributed by atoms with Gasteiger partial charge in [0.1, 0.15) is 5.75 Å². The molecule has 1 saturated heterocycles. The van der Waals surface area contributed by atoms with Gasteiger partial charge in [-0.1, -0.05) is 12.1 Å². The Labute approximate surface area is 189 Å². The second kappa shape index (κ2) is 10.0. The lowest BCUT2D eigenvalue weighted by Crippen LogP contribution is -2.43. The molecule has 4 rings (SSSR count). The van der Waals surface area contributed by atoms with Crippen molar-refractivity contribution in [3.8, 4) is 11.4 Å². The summed E-state index contributed by atoms with van der Waals surface area (Å²) in [7, 11) is 1.67. The maximum Gasteiger partial charge on any atom is 0.251 e. The number of hydrogen-bond donors (Lipinski definition) is 1. The molecule has 1 fully saturated rings. The zero-order valence-electron chi connectivity index (χ0n) is 19.0. The molecule has 0 bridgehead atoms. The van der Waals surface area contributed by atoms with E-state index < -0.39 is 0 Å². The lowest BCUT2D eigenvalue weighted by Gasteiger charge is -2.35. The van der Waals surface area contributed by atoms with Crippen LogP contribution in [-0.2, 0) is 4.74 Å². The lowest BCUT2D eigenvalue weighted by molar-refractivity contribution is 0.0162. The third kappa shape index (κ3) is 4.87. The number of amides is 1. The normalized spacial score (nSPS) is 15.3. The van der Waals surface area contributed by atoms with E-state index in [0.717, 1.165) is 30.1 Å². The molecule has 0 radical (unpaired) electrons. The highest BCUT2D eigenvalue weighted by molar-refractivity contribution is 5.94. The predicted molar refractivity (Wildman–Crippen MR) is 126 cm³/mol. The average Bonchev–Trinajstić information content (AvgIpc) is 3.18. The minimum absolute atomic E-state index is 0.0655. The maximum absolute atomic E-state index is 12.9. The molecule has 2 heterocycles. The van der Waals surface area contributed by atoms with Gasteiger partial charge in [-0.15, -0.1) is 0 Å². The smallest absolute Gasteiger partial charge is 0.251 e. The molecule has 0 saturated carbocycles. The van der Waals surface area contributed by atoms with Crippen molar-refractivity contribution in [3.05, 3.63) is 83.2 Å². The number of nitrogens with one attached hydrogen (secondary N) is 1. The summed E-state index contributed by atoms with van der Waals surface area (Å²) >= 11 is 0. The summed E-state index contributed by atoms with van der Waals surface area (Å²) in [6.07, 6.45) is 0. The van der Waals surface area contributed by atoms with Gasteiger partial charge in [0.25, 0.3) is 5.91 Å². The molecule has 1 amide bonds. The first-order valence-corrected chi connectivity index (χ1v) is 11.1. The van der Waals surface area contributed by atoms with Crippen LogP contribution in [0.2, 0.25) is 0 Å². The van der Waals surface area contributed by atoms with E-state index in [0.29, 0.717) is 25.3 Å². The third-order valence-electron chi connectivity index (χ3n) is 6.10. The van der Waals surface area contributed by atoms with Crippen molar-refractivity contribution in [2.45, 2.75) is 19.9 Å². The number of carbonyl (C=O) groups excluding carboxylic acids is 1. The van der Waals surface area contributed by atoms with Gasteiger partial charge in [-0.2, -0.15) is 0 Å². The monoisotopic (exact) mass is 433 g/mol. The topological polar surface area (TPSA) is 55.7 Å². The van der Waals surface area contributed by atoms with E-state index in [-0.39, 0.29) is 11.9 Å². The van der Waals surface area contributed by atoms with Crippen molar-refractivity contribution in [1.82, 2.24) is 14.8 Å². The Hall–Kier alpha value is -3.09. The Balaban J connectivity index is 1.46. The van der Waals surface area contributed by atoms with Crippen molar-refractivity contribution in [1.29, 1.82) is 0 Å². The summed E-state index contributed by atoms with van der Waals surface area (Å²) < 4.78 is 13.0. The standard InChI is InChI=1S/C26H31N3O3/c1-19-4-5-20(2)29(19)23-10-6-22(7-11-23)26(30)27-18-25(28-14-16-32-17-15-28)21-8-12-24(31-3)13-9-21/h4-13,25H,14-18H2,1-3H3,(H,27,30). The van der Waals surface area contributed by atoms with Crippen LogP contribution in [0, 0.1) is 13.8 Å². The van der Waals surface area contributed by atoms with Gasteiger partial charge in [0.05, 0.1) is 26.4 Å². The number of methoxy groups -OCH3 is 1. The molecular formula is C26H31N3O3. The second-order valence-corrected chi connectivity index (χ2v) is 8.15. The number of nitrogens with zero attached hydrogens (tertiary/aromatic N) is 2. The third-order valence-corrected chi connectivity index (χ3v) is 6.10. The lowest BCUT2D eigenvalue weighted by atomic mass is 10.0. The van der Waals surface area contributed by atoms with Gasteiger partial charge < -0.3 is 19.4 Å². The number of aryl methyl sites for hydroxylation is 2. The van der Waals surface area contributed by atoms with E-state index >= 15 is 0 Å². The molecule has 1 N–H and O–H groups in total. The molecule has 6 nitrogen and oxygen atoms in total. The fourth-order valence-corrected chi connectivity index (χ4v) is 4.30. The summed E-state index contributed by atoms with van der Waals surface area (Å²) in [6, 6.07) is 20.1. The minimum Gasteiger partial charge on any atom is -0.497 e. The van der Waals surface area contributed by atoms with E-state index in [2.05, 4.69) is 52.9 Å². The van der Waals surface area contributed by atoms with Crippen LogP contribution in [0.15, 0.2) is 60.7 Å². The second-order valence-electron chi connectivity index (χ2n) is 8.15. The first-order valence-electron chi connectivity index (χ1n) is 11.1. The van der Waals surface area contributed by atoms with Crippen molar-refractivity contribution in [2.24, 2.45) is 0 Å². The van der Waals surface area contributed by atoms with Crippen molar-refractivity contribution in [3.63, 3.8) is 0 Å². The van der Waals surface area contributed by atoms with Crippen LogP contribution in [0.1, 0.15) is 33.4 Å². The molecule has 1 aliphatic rings. The van der Waals surface area contributed by atoms with Gasteiger partial charge in [0.15, 0.2) is 0 Å². The molecule has 3 aromatic rings. The van der Waals surface area contributed by atoms with Gasteiger partial charge in [0.2, 0.25) is 0 Å². The van der Waals surface area contributed by atoms with E-state index in [4.69, 9.17) is 9.47 Å². The summed E-state index contributed by atoms with van der Waals surface area (Å²) in [5.41, 5.74) is 5.22. The fourth-order valence-electron chi connectivity index (χ4n) is 4.30. The SMILES string of the molecule is COc1ccc(C(CNC(=O)c2ccc(-n3c(C)ccc3C)cc2)N2CCOCC2)cc1. The first-order chi connectivity index (χ1) is 15.6. The number of aromatic nitrogens is 1. The maximum atomic E-state index is 12.9. The molecule has 2 aromatic carbocycles. The van der Waals surface area contributed by atoms with Gasteiger partial charge in [-0.3, -0.25) is 9.69 Å². The minimum atomic E-state index is -0.0655. The van der Waals surface area contributed by atoms with E-state index in [9.17, 15) is 4.79 Å². The highest BCUT2D eigenvalue weighted by Crippen LogP contribution is 2.24. The van der Waals surface area contributed by atoms with Gasteiger partial charge >= 0.3 is 0 Å². The predicted octanol–water partition coefficient (Wildman–Crippen LogP) is 3.91. The van der Waals surface area contributed by atoms with Crippen molar-refractivity contribution in [2.75, 3.05) is 40.0 Å². The number of morpholine rings is 1. The van der Waals surface area contributed by atoms with Crippen LogP contribution in [-0.4, -0.2) is 55.3 Å². The Morgan fingerprint density at radius 1 is 0.969 bits per heavy atom. The Morgan fingerprint density at radius 2 is 1.59 bits per heavy atom. The van der Waals surface area contributed by atoms with Crippen LogP contribution < -0.4 is 10.1 Å². The Kier molecular flexibility index (Phi) is 6.93. The van der Waals surface area contributed by atoms with E-state index in [1.165, 1.54) is 11.4 Å². The molecule has 1 unspecified atom stereocenters. The van der Waals surface area contributed by atoms with Gasteiger partial charge in [-0.05, 0) is 67.9 Å². The summed E-state index contributed by atoms with van der Waals surface area (Å²) in [4.78, 5) is 15.3. The molecule has 6 heteroatoms. The highest BCUT2D eigenvalue weighted by Gasteiger charge is 2.23. The van der Waals surface area contributed by atoms with Crippen LogP contribution in [0.5, 0.6) is 5.75 Å². The van der Waals surface area contributed by atoms with Gasteiger partial charge in [0, 0.05) is 42.3 Å². The largest absolute Gasteiger partial charge is 0.497 e. The van der Waals surface area contributed by atoms with Crippen LogP contribution in [0.4, 0.5) is 0 Å². The van der Waals surface area contributed by atoms with Gasteiger partial charge in [-0.25, -0.2) is 0 Å². The molecule has 1 aliphatic heterocycles. The molecule has 0 aliphatic carbocycles. The number of rotatable bonds is 7. The molecule has 1 aromatic heterocycles. The molecule has 32 heavy (non-hydrogen) atoms. The van der Waals surface area contributed by atoms with Crippen LogP contribution >= 0.6 is 0 Å². The summed E-state index contributed by atoms with van der Waals surface area (Å²) in [5, 5.41) is 3.14. The van der Waals surface area contributed by atoms with E-state index in [1.807, 2.05) is 36.4 Å². The zero-order valence-corrected chi connectivity index (χ0v) is 19.0. The summed E-state index contributed by atoms with van der Waals surface area (Å²) in [6.45, 7) is 7.80. The first kappa shape index (κ1) is 22.1. The van der Waals surface area contributed by atoms with Crippen molar-refractivity contribution >= 4 is 5.91 Å². The molecular weight excluding hydrogens is 402 g/mol. The summed E-state index contributed by atoms with van der Waals surface area (Å²) in [5.74, 6) is 0.760. The Morgan fingerprint density at radius 3 is 2.19 bits per heavy atom. The van der Waals surface area contributed by atoms with Crippen LogP contribution in [0.25, 0.3) is 5.69 Å². The number of hydrogen-bond acceptors (Lipinski definition) is 4. The fraction of sp³-hybridized carbons (Fsp3) is 0.346. The average molecular weight is 434 g/mol. The van der Waals surface area contributed by atoms with Crippen molar-refractivity contribution < 1.29 is 14.3 Å². The number of ether oxygens (including phenoxy) is 2. The zero-order chi connectivity index (χ0) is 22.5. The molecule has 168 valence electrons. The number of carbonyl (C=O) groups is 1.